The highest BCUT2D eigenvalue weighted by Crippen LogP contribution is 2.45. The monoisotopic (exact) mass is 233 g/mol. The summed E-state index contributed by atoms with van der Waals surface area (Å²) < 4.78 is 5.37. The average Bonchev–Trinajstić information content (AvgIpc) is 3.13. The van der Waals surface area contributed by atoms with Gasteiger partial charge in [-0.25, -0.2) is 0 Å². The molecular formula is C15H23NO. The van der Waals surface area contributed by atoms with Crippen LogP contribution in [0.1, 0.15) is 41.9 Å². The zero-order valence-electron chi connectivity index (χ0n) is 11.1. The number of methoxy groups -OCH3 is 1. The van der Waals surface area contributed by atoms with Gasteiger partial charge in [0.15, 0.2) is 0 Å². The van der Waals surface area contributed by atoms with E-state index in [0.29, 0.717) is 5.92 Å². The van der Waals surface area contributed by atoms with Gasteiger partial charge >= 0.3 is 0 Å². The van der Waals surface area contributed by atoms with Crippen molar-refractivity contribution in [3.63, 3.8) is 0 Å². The van der Waals surface area contributed by atoms with Gasteiger partial charge in [0.25, 0.3) is 0 Å². The van der Waals surface area contributed by atoms with E-state index in [2.05, 4.69) is 26.0 Å². The fourth-order valence-corrected chi connectivity index (χ4v) is 2.75. The quantitative estimate of drug-likeness (QED) is 0.848. The molecule has 0 bridgehead atoms. The molecule has 1 aromatic rings. The van der Waals surface area contributed by atoms with E-state index in [1.807, 2.05) is 0 Å². The smallest absolute Gasteiger partial charge is 0.122 e. The van der Waals surface area contributed by atoms with Gasteiger partial charge in [0.1, 0.15) is 5.75 Å². The molecule has 17 heavy (non-hydrogen) atoms. The molecule has 1 fully saturated rings. The molecule has 0 radical (unpaired) electrons. The maximum absolute atomic E-state index is 5.75. The Labute approximate surface area is 104 Å². The molecule has 0 saturated heterocycles. The molecule has 0 heterocycles. The van der Waals surface area contributed by atoms with Crippen molar-refractivity contribution in [1.82, 2.24) is 0 Å². The van der Waals surface area contributed by atoms with E-state index in [1.165, 1.54) is 29.5 Å². The lowest BCUT2D eigenvalue weighted by atomic mass is 9.87. The van der Waals surface area contributed by atoms with Crippen molar-refractivity contribution in [2.45, 2.75) is 39.0 Å². The second-order valence-electron chi connectivity index (χ2n) is 5.20. The highest BCUT2D eigenvalue weighted by molar-refractivity contribution is 5.43. The van der Waals surface area contributed by atoms with E-state index in [-0.39, 0.29) is 0 Å². The van der Waals surface area contributed by atoms with Gasteiger partial charge < -0.3 is 10.5 Å². The standard InChI is InChI=1S/C15H23NO/c1-10-9-15(17-3)11(2)8-14(10)13(6-7-16)12-4-5-12/h8-9,12-13H,4-7,16H2,1-3H3. The normalized spacial score (nSPS) is 16.9. The van der Waals surface area contributed by atoms with Crippen molar-refractivity contribution in [2.75, 3.05) is 13.7 Å². The lowest BCUT2D eigenvalue weighted by Gasteiger charge is -2.20. The predicted octanol–water partition coefficient (Wildman–Crippen LogP) is 3.15. The Morgan fingerprint density at radius 2 is 2.00 bits per heavy atom. The molecule has 0 aliphatic heterocycles. The lowest BCUT2D eigenvalue weighted by molar-refractivity contribution is 0.410. The van der Waals surface area contributed by atoms with Gasteiger partial charge in [-0.1, -0.05) is 6.07 Å². The van der Waals surface area contributed by atoms with Crippen LogP contribution in [-0.2, 0) is 0 Å². The summed E-state index contributed by atoms with van der Waals surface area (Å²) in [7, 11) is 1.74. The summed E-state index contributed by atoms with van der Waals surface area (Å²) in [5, 5.41) is 0. The number of rotatable bonds is 5. The number of hydrogen-bond acceptors (Lipinski definition) is 2. The molecule has 0 spiro atoms. The van der Waals surface area contributed by atoms with Crippen LogP contribution < -0.4 is 10.5 Å². The number of benzene rings is 1. The number of nitrogens with two attached hydrogens (primary N) is 1. The first-order valence-electron chi connectivity index (χ1n) is 6.52. The van der Waals surface area contributed by atoms with Gasteiger partial charge in [-0.3, -0.25) is 0 Å². The SMILES string of the molecule is COc1cc(C)c(C(CCN)C2CC2)cc1C. The molecule has 94 valence electrons. The number of ether oxygens (including phenoxy) is 1. The Hall–Kier alpha value is -1.02. The average molecular weight is 233 g/mol. The maximum Gasteiger partial charge on any atom is 0.122 e. The molecule has 1 aliphatic carbocycles. The molecule has 0 aromatic heterocycles. The molecule has 1 saturated carbocycles. The molecule has 2 heteroatoms. The summed E-state index contributed by atoms with van der Waals surface area (Å²) in [4.78, 5) is 0. The molecule has 1 atom stereocenters. The third-order valence-corrected chi connectivity index (χ3v) is 3.85. The topological polar surface area (TPSA) is 35.2 Å². The van der Waals surface area contributed by atoms with Crippen LogP contribution in [0.3, 0.4) is 0 Å². The Kier molecular flexibility index (Phi) is 3.72. The number of aryl methyl sites for hydroxylation is 2. The van der Waals surface area contributed by atoms with E-state index < -0.39 is 0 Å². The minimum atomic E-state index is 0.657. The van der Waals surface area contributed by atoms with E-state index >= 15 is 0 Å². The highest BCUT2D eigenvalue weighted by Gasteiger charge is 2.32. The molecule has 2 rings (SSSR count). The van der Waals surface area contributed by atoms with Crippen LogP contribution in [0.2, 0.25) is 0 Å². The fourth-order valence-electron chi connectivity index (χ4n) is 2.75. The largest absolute Gasteiger partial charge is 0.496 e. The van der Waals surface area contributed by atoms with Gasteiger partial charge in [-0.05, 0) is 74.2 Å². The van der Waals surface area contributed by atoms with Gasteiger partial charge in [-0.2, -0.15) is 0 Å². The van der Waals surface area contributed by atoms with Gasteiger partial charge in [-0.15, -0.1) is 0 Å². The summed E-state index contributed by atoms with van der Waals surface area (Å²) in [5.41, 5.74) is 9.81. The highest BCUT2D eigenvalue weighted by atomic mass is 16.5. The van der Waals surface area contributed by atoms with Crippen LogP contribution in [0.5, 0.6) is 5.75 Å². The zero-order valence-corrected chi connectivity index (χ0v) is 11.1. The van der Waals surface area contributed by atoms with Crippen molar-refractivity contribution in [2.24, 2.45) is 11.7 Å². The first-order chi connectivity index (χ1) is 8.17. The number of hydrogen-bond donors (Lipinski definition) is 1. The van der Waals surface area contributed by atoms with Crippen molar-refractivity contribution >= 4 is 0 Å². The second-order valence-corrected chi connectivity index (χ2v) is 5.20. The summed E-state index contributed by atoms with van der Waals surface area (Å²) in [6.45, 7) is 5.09. The van der Waals surface area contributed by atoms with Crippen molar-refractivity contribution in [3.05, 3.63) is 28.8 Å². The molecule has 2 N–H and O–H groups in total. The van der Waals surface area contributed by atoms with E-state index in [9.17, 15) is 0 Å². The van der Waals surface area contributed by atoms with Crippen LogP contribution in [0, 0.1) is 19.8 Å². The van der Waals surface area contributed by atoms with E-state index in [1.54, 1.807) is 7.11 Å². The summed E-state index contributed by atoms with van der Waals surface area (Å²) in [6, 6.07) is 4.46. The summed E-state index contributed by atoms with van der Waals surface area (Å²) >= 11 is 0. The van der Waals surface area contributed by atoms with E-state index in [0.717, 1.165) is 24.6 Å². The Bertz CT molecular complexity index is 396. The minimum Gasteiger partial charge on any atom is -0.496 e. The van der Waals surface area contributed by atoms with Gasteiger partial charge in [0.2, 0.25) is 0 Å². The minimum absolute atomic E-state index is 0.657. The molecule has 2 nitrogen and oxygen atoms in total. The van der Waals surface area contributed by atoms with Crippen molar-refractivity contribution in [3.8, 4) is 5.75 Å². The third-order valence-electron chi connectivity index (χ3n) is 3.85. The molecule has 1 aromatic carbocycles. The van der Waals surface area contributed by atoms with Crippen LogP contribution >= 0.6 is 0 Å². The second kappa shape index (κ2) is 5.09. The van der Waals surface area contributed by atoms with E-state index in [4.69, 9.17) is 10.5 Å². The Morgan fingerprint density at radius 3 is 2.53 bits per heavy atom. The third kappa shape index (κ3) is 2.63. The molecule has 1 aliphatic rings. The van der Waals surface area contributed by atoms with Crippen LogP contribution in [0.15, 0.2) is 12.1 Å². The van der Waals surface area contributed by atoms with Crippen molar-refractivity contribution < 1.29 is 4.74 Å². The first kappa shape index (κ1) is 12.4. The van der Waals surface area contributed by atoms with Crippen molar-refractivity contribution in [1.29, 1.82) is 0 Å². The fraction of sp³-hybridized carbons (Fsp3) is 0.600. The van der Waals surface area contributed by atoms with Crippen LogP contribution in [-0.4, -0.2) is 13.7 Å². The Balaban J connectivity index is 2.32. The van der Waals surface area contributed by atoms with Gasteiger partial charge in [0.05, 0.1) is 7.11 Å². The molecule has 1 unspecified atom stereocenters. The van der Waals surface area contributed by atoms with Crippen LogP contribution in [0.4, 0.5) is 0 Å². The predicted molar refractivity (Wildman–Crippen MR) is 71.6 cm³/mol. The zero-order chi connectivity index (χ0) is 12.4. The van der Waals surface area contributed by atoms with Gasteiger partial charge in [0, 0.05) is 0 Å². The summed E-state index contributed by atoms with van der Waals surface area (Å²) in [5.74, 6) is 2.52. The first-order valence-corrected chi connectivity index (χ1v) is 6.52. The maximum atomic E-state index is 5.75. The Morgan fingerprint density at radius 1 is 1.29 bits per heavy atom. The summed E-state index contributed by atoms with van der Waals surface area (Å²) in [6.07, 6.45) is 3.85. The molecule has 0 amide bonds. The lowest BCUT2D eigenvalue weighted by Crippen LogP contribution is -2.11. The van der Waals surface area contributed by atoms with Crippen LogP contribution in [0.25, 0.3) is 0 Å². The molecular weight excluding hydrogens is 210 g/mol.